The highest BCUT2D eigenvalue weighted by atomic mass is 19.1. The standard InChI is InChI=1S/C22H23FN2O3/c1-28-16-10-6-14(7-11-16)18-12-25(13-19(18)21(26)24-15-8-9-15)22(27)17-4-2-3-5-20(17)23/h2-7,10-11,15,18-19H,8-9,12-13H2,1H3,(H,24,26). The highest BCUT2D eigenvalue weighted by Gasteiger charge is 2.42. The van der Waals surface area contributed by atoms with E-state index in [-0.39, 0.29) is 41.8 Å². The van der Waals surface area contributed by atoms with Gasteiger partial charge in [0.15, 0.2) is 0 Å². The summed E-state index contributed by atoms with van der Waals surface area (Å²) in [6.07, 6.45) is 2.01. The van der Waals surface area contributed by atoms with E-state index in [0.29, 0.717) is 6.54 Å². The summed E-state index contributed by atoms with van der Waals surface area (Å²) < 4.78 is 19.3. The van der Waals surface area contributed by atoms with Crippen molar-refractivity contribution in [1.82, 2.24) is 10.2 Å². The highest BCUT2D eigenvalue weighted by Crippen LogP contribution is 2.35. The van der Waals surface area contributed by atoms with Crippen LogP contribution in [0.25, 0.3) is 0 Å². The Hall–Kier alpha value is -2.89. The summed E-state index contributed by atoms with van der Waals surface area (Å²) >= 11 is 0. The van der Waals surface area contributed by atoms with Crippen LogP contribution in [0.3, 0.4) is 0 Å². The lowest BCUT2D eigenvalue weighted by molar-refractivity contribution is -0.125. The number of likely N-dealkylation sites (tertiary alicyclic amines) is 1. The molecule has 2 amide bonds. The van der Waals surface area contributed by atoms with Crippen LogP contribution < -0.4 is 10.1 Å². The Labute approximate surface area is 163 Å². The molecule has 28 heavy (non-hydrogen) atoms. The Balaban J connectivity index is 1.59. The van der Waals surface area contributed by atoms with Crippen molar-refractivity contribution in [3.63, 3.8) is 0 Å². The molecule has 0 radical (unpaired) electrons. The third-order valence-electron chi connectivity index (χ3n) is 5.52. The molecular weight excluding hydrogens is 359 g/mol. The maximum Gasteiger partial charge on any atom is 0.256 e. The van der Waals surface area contributed by atoms with E-state index in [4.69, 9.17) is 4.74 Å². The van der Waals surface area contributed by atoms with Gasteiger partial charge in [-0.3, -0.25) is 9.59 Å². The van der Waals surface area contributed by atoms with Gasteiger partial charge < -0.3 is 15.0 Å². The molecule has 0 spiro atoms. The Morgan fingerprint density at radius 3 is 2.43 bits per heavy atom. The summed E-state index contributed by atoms with van der Waals surface area (Å²) in [5.74, 6) is -0.713. The van der Waals surface area contributed by atoms with Gasteiger partial charge in [-0.05, 0) is 42.7 Å². The molecule has 1 N–H and O–H groups in total. The molecular formula is C22H23FN2O3. The molecule has 5 nitrogen and oxygen atoms in total. The van der Waals surface area contributed by atoms with Crippen LogP contribution in [0, 0.1) is 11.7 Å². The molecule has 146 valence electrons. The number of methoxy groups -OCH3 is 1. The van der Waals surface area contributed by atoms with E-state index >= 15 is 0 Å². The van der Waals surface area contributed by atoms with Crippen LogP contribution in [0.4, 0.5) is 4.39 Å². The van der Waals surface area contributed by atoms with Crippen LogP contribution >= 0.6 is 0 Å². The highest BCUT2D eigenvalue weighted by molar-refractivity contribution is 5.95. The van der Waals surface area contributed by atoms with Crippen molar-refractivity contribution in [1.29, 1.82) is 0 Å². The molecule has 0 bridgehead atoms. The maximum absolute atomic E-state index is 14.1. The van der Waals surface area contributed by atoms with E-state index < -0.39 is 5.82 Å². The second kappa shape index (κ2) is 7.62. The lowest BCUT2D eigenvalue weighted by atomic mass is 9.88. The van der Waals surface area contributed by atoms with Gasteiger partial charge in [0.2, 0.25) is 5.91 Å². The maximum atomic E-state index is 14.1. The van der Waals surface area contributed by atoms with Gasteiger partial charge in [-0.1, -0.05) is 24.3 Å². The minimum Gasteiger partial charge on any atom is -0.497 e. The fourth-order valence-electron chi connectivity index (χ4n) is 3.77. The van der Waals surface area contributed by atoms with Crippen molar-refractivity contribution in [2.75, 3.05) is 20.2 Å². The predicted octanol–water partition coefficient (Wildman–Crippen LogP) is 2.97. The number of ether oxygens (including phenoxy) is 1. The Morgan fingerprint density at radius 2 is 1.79 bits per heavy atom. The molecule has 6 heteroatoms. The second-order valence-corrected chi connectivity index (χ2v) is 7.46. The molecule has 1 aliphatic heterocycles. The minimum atomic E-state index is -0.542. The van der Waals surface area contributed by atoms with E-state index in [2.05, 4.69) is 5.32 Å². The number of rotatable bonds is 5. The monoisotopic (exact) mass is 382 g/mol. The van der Waals surface area contributed by atoms with E-state index in [1.54, 1.807) is 24.1 Å². The summed E-state index contributed by atoms with van der Waals surface area (Å²) in [7, 11) is 1.60. The lowest BCUT2D eigenvalue weighted by Crippen LogP contribution is -2.36. The molecule has 2 aromatic rings. The van der Waals surface area contributed by atoms with Gasteiger partial charge in [-0.25, -0.2) is 4.39 Å². The summed E-state index contributed by atoms with van der Waals surface area (Å²) in [4.78, 5) is 27.3. The van der Waals surface area contributed by atoms with Crippen LogP contribution in [0.15, 0.2) is 48.5 Å². The molecule has 2 aliphatic rings. The van der Waals surface area contributed by atoms with E-state index in [0.717, 1.165) is 24.2 Å². The quantitative estimate of drug-likeness (QED) is 0.865. The molecule has 1 heterocycles. The van der Waals surface area contributed by atoms with Crippen molar-refractivity contribution < 1.29 is 18.7 Å². The van der Waals surface area contributed by atoms with Gasteiger partial charge in [0.1, 0.15) is 11.6 Å². The van der Waals surface area contributed by atoms with Crippen molar-refractivity contribution in [3.8, 4) is 5.75 Å². The number of carbonyl (C=O) groups excluding carboxylic acids is 2. The molecule has 0 aromatic heterocycles. The molecule has 1 saturated carbocycles. The third-order valence-corrected chi connectivity index (χ3v) is 5.52. The Kier molecular flexibility index (Phi) is 5.03. The summed E-state index contributed by atoms with van der Waals surface area (Å²) in [6.45, 7) is 0.657. The fraction of sp³-hybridized carbons (Fsp3) is 0.364. The summed E-state index contributed by atoms with van der Waals surface area (Å²) in [5, 5.41) is 3.05. The normalized spacial score (nSPS) is 21.4. The van der Waals surface area contributed by atoms with Crippen LogP contribution in [-0.4, -0.2) is 43.0 Å². The molecule has 2 unspecified atom stereocenters. The lowest BCUT2D eigenvalue weighted by Gasteiger charge is -2.18. The van der Waals surface area contributed by atoms with Crippen LogP contribution in [0.2, 0.25) is 0 Å². The third kappa shape index (κ3) is 3.72. The molecule has 1 saturated heterocycles. The Morgan fingerprint density at radius 1 is 1.07 bits per heavy atom. The van der Waals surface area contributed by atoms with Crippen molar-refractivity contribution in [2.24, 2.45) is 5.92 Å². The zero-order valence-corrected chi connectivity index (χ0v) is 15.7. The first-order valence-electron chi connectivity index (χ1n) is 9.55. The first-order valence-corrected chi connectivity index (χ1v) is 9.55. The number of nitrogens with zero attached hydrogens (tertiary/aromatic N) is 1. The largest absolute Gasteiger partial charge is 0.497 e. The number of carbonyl (C=O) groups is 2. The number of benzene rings is 2. The van der Waals surface area contributed by atoms with Gasteiger partial charge in [0.05, 0.1) is 18.6 Å². The number of hydrogen-bond acceptors (Lipinski definition) is 3. The van der Waals surface area contributed by atoms with Crippen molar-refractivity contribution >= 4 is 11.8 Å². The summed E-state index contributed by atoms with van der Waals surface area (Å²) in [5.41, 5.74) is 1.01. The topological polar surface area (TPSA) is 58.6 Å². The van der Waals surface area contributed by atoms with Crippen LogP contribution in [0.5, 0.6) is 5.75 Å². The molecule has 2 atom stereocenters. The fourth-order valence-corrected chi connectivity index (χ4v) is 3.77. The predicted molar refractivity (Wildman–Crippen MR) is 103 cm³/mol. The summed E-state index contributed by atoms with van der Waals surface area (Å²) in [6, 6.07) is 13.8. The minimum absolute atomic E-state index is 0.0350. The first-order chi connectivity index (χ1) is 13.6. The first kappa shape index (κ1) is 18.5. The number of halogens is 1. The number of nitrogens with one attached hydrogen (secondary N) is 1. The average Bonchev–Trinajstić information content (AvgIpc) is 3.41. The number of hydrogen-bond donors (Lipinski definition) is 1. The van der Waals surface area contributed by atoms with Gasteiger partial charge in [0, 0.05) is 25.0 Å². The second-order valence-electron chi connectivity index (χ2n) is 7.46. The molecule has 2 fully saturated rings. The van der Waals surface area contributed by atoms with E-state index in [1.165, 1.54) is 12.1 Å². The van der Waals surface area contributed by atoms with Crippen LogP contribution in [-0.2, 0) is 4.79 Å². The zero-order valence-electron chi connectivity index (χ0n) is 15.7. The zero-order chi connectivity index (χ0) is 19.7. The van der Waals surface area contributed by atoms with Crippen molar-refractivity contribution in [3.05, 3.63) is 65.5 Å². The molecule has 2 aromatic carbocycles. The van der Waals surface area contributed by atoms with Crippen LogP contribution in [0.1, 0.15) is 34.7 Å². The van der Waals surface area contributed by atoms with E-state index in [1.807, 2.05) is 24.3 Å². The Bertz CT molecular complexity index is 880. The van der Waals surface area contributed by atoms with Gasteiger partial charge in [-0.2, -0.15) is 0 Å². The van der Waals surface area contributed by atoms with Crippen molar-refractivity contribution in [2.45, 2.75) is 24.8 Å². The average molecular weight is 382 g/mol. The van der Waals surface area contributed by atoms with Gasteiger partial charge in [-0.15, -0.1) is 0 Å². The van der Waals surface area contributed by atoms with Gasteiger partial charge >= 0.3 is 0 Å². The molecule has 1 aliphatic carbocycles. The van der Waals surface area contributed by atoms with Gasteiger partial charge in [0.25, 0.3) is 5.91 Å². The van der Waals surface area contributed by atoms with E-state index in [9.17, 15) is 14.0 Å². The SMILES string of the molecule is COc1ccc(C2CN(C(=O)c3ccccc3F)CC2C(=O)NC2CC2)cc1. The molecule has 4 rings (SSSR count). The number of amides is 2. The smallest absolute Gasteiger partial charge is 0.256 e.